The number of rotatable bonds is 6. The zero-order valence-electron chi connectivity index (χ0n) is 16.4. The molecule has 0 aromatic rings. The highest BCUT2D eigenvalue weighted by Gasteiger charge is 2.50. The molecule has 13 atom stereocenters. The number of hydrogen-bond donors (Lipinski definition) is 9. The minimum atomic E-state index is -1.48. The first-order chi connectivity index (χ1) is 14.2. The molecule has 13 nitrogen and oxygen atoms in total. The highest BCUT2D eigenvalue weighted by atomic mass is 16.7. The van der Waals surface area contributed by atoms with E-state index in [0.717, 1.165) is 0 Å². The van der Waals surface area contributed by atoms with Crippen LogP contribution in [0, 0.1) is 0 Å². The summed E-state index contributed by atoms with van der Waals surface area (Å²) in [6.07, 6.45) is -12.7. The van der Waals surface area contributed by atoms with Crippen LogP contribution in [0.3, 0.4) is 0 Å². The second kappa shape index (κ2) is 9.95. The van der Waals surface area contributed by atoms with Gasteiger partial charge in [-0.3, -0.25) is 0 Å². The first kappa shape index (κ1) is 24.1. The third kappa shape index (κ3) is 4.78. The Morgan fingerprint density at radius 1 is 0.767 bits per heavy atom. The monoisotopic (exact) mass is 439 g/mol. The molecule has 0 aromatic carbocycles. The summed E-state index contributed by atoms with van der Waals surface area (Å²) in [6.45, 7) is -0.592. The van der Waals surface area contributed by atoms with Crippen LogP contribution in [0.1, 0.15) is 12.8 Å². The highest BCUT2D eigenvalue weighted by Crippen LogP contribution is 2.32. The van der Waals surface area contributed by atoms with Gasteiger partial charge in [-0.05, 0) is 6.42 Å². The van der Waals surface area contributed by atoms with Gasteiger partial charge in [0.05, 0.1) is 18.8 Å². The lowest BCUT2D eigenvalue weighted by Gasteiger charge is -2.45. The van der Waals surface area contributed by atoms with Crippen molar-refractivity contribution in [2.45, 2.75) is 92.4 Å². The standard InChI is InChI=1S/C17H33N3O10/c18-3-8-12(24)7(22)2-10(27-8)29-15-6(20)1-5(19)11(23)16(15)30-17-14(26)13(25)9(4-21)28-17/h5-17,21-26H,1-4,18-20H2/t5-,6+,7-,8-,9-,10-,11+,12+,13-,14-,15-,16-,17+/m1/s1. The molecule has 2 heterocycles. The lowest BCUT2D eigenvalue weighted by atomic mass is 9.84. The lowest BCUT2D eigenvalue weighted by molar-refractivity contribution is -0.301. The number of ether oxygens (including phenoxy) is 4. The maximum Gasteiger partial charge on any atom is 0.187 e. The number of aliphatic hydroxyl groups is 6. The Bertz CT molecular complexity index is 562. The van der Waals surface area contributed by atoms with Crippen LogP contribution in [0.25, 0.3) is 0 Å². The highest BCUT2D eigenvalue weighted by molar-refractivity contribution is 5.00. The maximum absolute atomic E-state index is 10.6. The molecule has 3 aliphatic rings. The minimum Gasteiger partial charge on any atom is -0.394 e. The molecule has 0 radical (unpaired) electrons. The Morgan fingerprint density at radius 2 is 1.47 bits per heavy atom. The van der Waals surface area contributed by atoms with Crippen LogP contribution in [-0.4, -0.2) is 123 Å². The smallest absolute Gasteiger partial charge is 0.187 e. The summed E-state index contributed by atoms with van der Waals surface area (Å²) in [7, 11) is 0. The van der Waals surface area contributed by atoms with Gasteiger partial charge in [0.15, 0.2) is 12.6 Å². The van der Waals surface area contributed by atoms with Gasteiger partial charge in [0.1, 0.15) is 42.7 Å². The fourth-order valence-electron chi connectivity index (χ4n) is 4.11. The van der Waals surface area contributed by atoms with E-state index in [4.69, 9.17) is 36.1 Å². The molecule has 0 amide bonds. The van der Waals surface area contributed by atoms with Crippen LogP contribution in [-0.2, 0) is 18.9 Å². The van der Waals surface area contributed by atoms with E-state index in [1.165, 1.54) is 0 Å². The summed E-state index contributed by atoms with van der Waals surface area (Å²) in [5.41, 5.74) is 17.7. The second-order valence-corrected chi connectivity index (χ2v) is 8.10. The topological polar surface area (TPSA) is 236 Å². The predicted octanol–water partition coefficient (Wildman–Crippen LogP) is -5.59. The van der Waals surface area contributed by atoms with Gasteiger partial charge in [-0.1, -0.05) is 0 Å². The van der Waals surface area contributed by atoms with Crippen LogP contribution >= 0.6 is 0 Å². The van der Waals surface area contributed by atoms with E-state index in [1.807, 2.05) is 0 Å². The maximum atomic E-state index is 10.6. The fourth-order valence-corrected chi connectivity index (χ4v) is 4.11. The van der Waals surface area contributed by atoms with Gasteiger partial charge in [0.2, 0.25) is 0 Å². The third-order valence-corrected chi connectivity index (χ3v) is 5.93. The largest absolute Gasteiger partial charge is 0.394 e. The molecular formula is C17H33N3O10. The van der Waals surface area contributed by atoms with Crippen LogP contribution in [0.15, 0.2) is 0 Å². The SMILES string of the molecule is NC[C@H]1O[C@H](O[C@H]2[C@H](O[C@@H]3O[C@H](CO)[C@@H](O)[C@H]3O)[C@@H](O)[C@H](N)C[C@@H]2N)C[C@@H](O)[C@@H]1O. The van der Waals surface area contributed by atoms with Gasteiger partial charge in [0.25, 0.3) is 0 Å². The average Bonchev–Trinajstić information content (AvgIpc) is 2.98. The van der Waals surface area contributed by atoms with E-state index in [9.17, 15) is 30.6 Å². The molecule has 3 rings (SSSR count). The van der Waals surface area contributed by atoms with Crippen molar-refractivity contribution in [3.63, 3.8) is 0 Å². The van der Waals surface area contributed by atoms with Crippen molar-refractivity contribution in [1.29, 1.82) is 0 Å². The van der Waals surface area contributed by atoms with Gasteiger partial charge < -0.3 is 66.8 Å². The lowest BCUT2D eigenvalue weighted by Crippen LogP contribution is -2.65. The minimum absolute atomic E-state index is 0.0508. The molecule has 0 aromatic heterocycles. The van der Waals surface area contributed by atoms with Gasteiger partial charge in [-0.15, -0.1) is 0 Å². The number of nitrogens with two attached hydrogens (primary N) is 3. The van der Waals surface area contributed by atoms with E-state index in [1.54, 1.807) is 0 Å². The van der Waals surface area contributed by atoms with Crippen molar-refractivity contribution < 1.29 is 49.6 Å². The molecule has 30 heavy (non-hydrogen) atoms. The van der Waals surface area contributed by atoms with Crippen molar-refractivity contribution in [2.24, 2.45) is 17.2 Å². The summed E-state index contributed by atoms with van der Waals surface area (Å²) in [4.78, 5) is 0. The Labute approximate surface area is 173 Å². The van der Waals surface area contributed by atoms with Crippen LogP contribution < -0.4 is 17.2 Å². The Morgan fingerprint density at radius 3 is 2.07 bits per heavy atom. The molecule has 2 saturated heterocycles. The van der Waals surface area contributed by atoms with Crippen LogP contribution in [0.2, 0.25) is 0 Å². The molecule has 0 unspecified atom stereocenters. The summed E-state index contributed by atoms with van der Waals surface area (Å²) in [6, 6.07) is -1.45. The second-order valence-electron chi connectivity index (χ2n) is 8.10. The van der Waals surface area contributed by atoms with E-state index in [2.05, 4.69) is 0 Å². The molecule has 0 bridgehead atoms. The fraction of sp³-hybridized carbons (Fsp3) is 1.00. The van der Waals surface area contributed by atoms with Crippen molar-refractivity contribution in [2.75, 3.05) is 13.2 Å². The van der Waals surface area contributed by atoms with Gasteiger partial charge in [-0.25, -0.2) is 0 Å². The Hall–Kier alpha value is -0.520. The van der Waals surface area contributed by atoms with Crippen molar-refractivity contribution in [3.05, 3.63) is 0 Å². The summed E-state index contributed by atoms with van der Waals surface area (Å²) in [5, 5.41) is 59.9. The average molecular weight is 439 g/mol. The Balaban J connectivity index is 1.73. The molecule has 1 aliphatic carbocycles. The van der Waals surface area contributed by atoms with Crippen molar-refractivity contribution in [3.8, 4) is 0 Å². The predicted molar refractivity (Wildman–Crippen MR) is 98.4 cm³/mol. The van der Waals surface area contributed by atoms with Gasteiger partial charge >= 0.3 is 0 Å². The molecule has 176 valence electrons. The quantitative estimate of drug-likeness (QED) is 0.188. The molecule has 12 N–H and O–H groups in total. The molecule has 2 aliphatic heterocycles. The van der Waals surface area contributed by atoms with E-state index >= 15 is 0 Å². The molecule has 3 fully saturated rings. The number of aliphatic hydroxyl groups excluding tert-OH is 6. The third-order valence-electron chi connectivity index (χ3n) is 5.93. The van der Waals surface area contributed by atoms with Crippen molar-refractivity contribution in [1.82, 2.24) is 0 Å². The van der Waals surface area contributed by atoms with Crippen LogP contribution in [0.5, 0.6) is 0 Å². The zero-order chi connectivity index (χ0) is 22.2. The molecule has 1 saturated carbocycles. The zero-order valence-corrected chi connectivity index (χ0v) is 16.4. The van der Waals surface area contributed by atoms with Crippen molar-refractivity contribution >= 4 is 0 Å². The van der Waals surface area contributed by atoms with Crippen LogP contribution in [0.4, 0.5) is 0 Å². The summed E-state index contributed by atoms with van der Waals surface area (Å²) < 4.78 is 22.5. The summed E-state index contributed by atoms with van der Waals surface area (Å²) in [5.74, 6) is 0. The first-order valence-electron chi connectivity index (χ1n) is 10.0. The van der Waals surface area contributed by atoms with E-state index in [0.29, 0.717) is 0 Å². The van der Waals surface area contributed by atoms with E-state index < -0.39 is 86.2 Å². The molecule has 13 heteroatoms. The van der Waals surface area contributed by atoms with Gasteiger partial charge in [0, 0.05) is 25.0 Å². The Kier molecular flexibility index (Phi) is 8.01. The number of hydrogen-bond acceptors (Lipinski definition) is 13. The van der Waals surface area contributed by atoms with E-state index in [-0.39, 0.29) is 19.4 Å². The molecule has 0 spiro atoms. The first-order valence-corrected chi connectivity index (χ1v) is 10.0. The molecular weight excluding hydrogens is 406 g/mol. The normalized spacial score (nSPS) is 52.5. The summed E-state index contributed by atoms with van der Waals surface area (Å²) >= 11 is 0. The van der Waals surface area contributed by atoms with Gasteiger partial charge in [-0.2, -0.15) is 0 Å².